The Labute approximate surface area is 154 Å². The van der Waals surface area contributed by atoms with Crippen molar-refractivity contribution in [1.82, 2.24) is 25.5 Å². The maximum Gasteiger partial charge on any atom is 0.233 e. The van der Waals surface area contributed by atoms with Crippen molar-refractivity contribution in [2.75, 3.05) is 0 Å². The minimum Gasteiger partial charge on any atom is -0.350 e. The Morgan fingerprint density at radius 1 is 1.32 bits per heavy atom. The molecule has 1 unspecified atom stereocenters. The zero-order valence-electron chi connectivity index (χ0n) is 14.3. The number of tetrazole rings is 1. The topological polar surface area (TPSA) is 72.7 Å². The number of aromatic nitrogens is 4. The molecule has 1 N–H and O–H groups in total. The fourth-order valence-corrected chi connectivity index (χ4v) is 3.91. The van der Waals surface area contributed by atoms with Crippen molar-refractivity contribution in [3.63, 3.8) is 0 Å². The summed E-state index contributed by atoms with van der Waals surface area (Å²) in [4.78, 5) is 13.4. The molecule has 3 rings (SSSR count). The van der Waals surface area contributed by atoms with Crippen LogP contribution in [0.5, 0.6) is 0 Å². The van der Waals surface area contributed by atoms with Gasteiger partial charge in [-0.25, -0.2) is 0 Å². The van der Waals surface area contributed by atoms with E-state index in [4.69, 9.17) is 0 Å². The highest BCUT2D eigenvalue weighted by Gasteiger charge is 2.19. The van der Waals surface area contributed by atoms with Gasteiger partial charge in [-0.2, -0.15) is 4.68 Å². The largest absolute Gasteiger partial charge is 0.350 e. The van der Waals surface area contributed by atoms with Crippen LogP contribution in [-0.2, 0) is 11.3 Å². The number of hydrogen-bond donors (Lipinski definition) is 1. The van der Waals surface area contributed by atoms with Crippen molar-refractivity contribution in [1.29, 1.82) is 0 Å². The van der Waals surface area contributed by atoms with Crippen LogP contribution in [0.4, 0.5) is 0 Å². The second-order valence-corrected chi connectivity index (χ2v) is 8.12. The molecular weight excluding hydrogens is 354 g/mol. The Balaban J connectivity index is 1.68. The summed E-state index contributed by atoms with van der Waals surface area (Å²) in [7, 11) is 0. The average Bonchev–Trinajstić information content (AvgIpc) is 3.23. The van der Waals surface area contributed by atoms with Gasteiger partial charge in [-0.1, -0.05) is 23.9 Å². The zero-order chi connectivity index (χ0) is 17.8. The van der Waals surface area contributed by atoms with Gasteiger partial charge in [0.2, 0.25) is 11.1 Å². The summed E-state index contributed by atoms with van der Waals surface area (Å²) in [5.74, 6) is -0.0339. The van der Waals surface area contributed by atoms with E-state index in [-0.39, 0.29) is 11.2 Å². The van der Waals surface area contributed by atoms with Crippen molar-refractivity contribution < 1.29 is 4.79 Å². The number of amides is 1. The lowest BCUT2D eigenvalue weighted by molar-refractivity contribution is -0.120. The Morgan fingerprint density at radius 3 is 2.76 bits per heavy atom. The first-order valence-corrected chi connectivity index (χ1v) is 9.62. The molecule has 1 aromatic carbocycles. The summed E-state index contributed by atoms with van der Waals surface area (Å²) >= 11 is 2.97. The highest BCUT2D eigenvalue weighted by molar-refractivity contribution is 8.00. The Bertz CT molecular complexity index is 840. The molecule has 0 aliphatic heterocycles. The second kappa shape index (κ2) is 7.79. The molecule has 2 aromatic heterocycles. The molecule has 0 spiro atoms. The Hall–Kier alpha value is -2.19. The summed E-state index contributed by atoms with van der Waals surface area (Å²) in [6.45, 7) is 6.47. The number of thioether (sulfide) groups is 1. The molecule has 0 radical (unpaired) electrons. The van der Waals surface area contributed by atoms with Gasteiger partial charge in [0.05, 0.1) is 17.5 Å². The summed E-state index contributed by atoms with van der Waals surface area (Å²) in [5.41, 5.74) is 3.18. The standard InChI is InChI=1S/C17H19N5OS2/c1-11-7-12(2)9-14(8-11)22-17(19-20-21-22)25-13(3)16(23)18-10-15-5-4-6-24-15/h4-9,13H,10H2,1-3H3,(H,18,23). The van der Waals surface area contributed by atoms with Crippen LogP contribution in [0.2, 0.25) is 0 Å². The highest BCUT2D eigenvalue weighted by Crippen LogP contribution is 2.24. The van der Waals surface area contributed by atoms with E-state index < -0.39 is 0 Å². The molecule has 0 aliphatic carbocycles. The lowest BCUT2D eigenvalue weighted by Crippen LogP contribution is -2.30. The molecule has 0 fully saturated rings. The van der Waals surface area contributed by atoms with E-state index in [1.54, 1.807) is 16.0 Å². The van der Waals surface area contributed by atoms with Crippen LogP contribution >= 0.6 is 23.1 Å². The molecule has 0 bridgehead atoms. The Kier molecular flexibility index (Phi) is 5.50. The van der Waals surface area contributed by atoms with Gasteiger partial charge in [0, 0.05) is 4.88 Å². The molecule has 3 aromatic rings. The molecule has 8 heteroatoms. The van der Waals surface area contributed by atoms with Crippen molar-refractivity contribution in [3.8, 4) is 5.69 Å². The summed E-state index contributed by atoms with van der Waals surface area (Å²) in [6.07, 6.45) is 0. The number of nitrogens with zero attached hydrogens (tertiary/aromatic N) is 4. The third kappa shape index (κ3) is 4.46. The van der Waals surface area contributed by atoms with E-state index in [1.807, 2.05) is 50.4 Å². The molecule has 1 amide bonds. The van der Waals surface area contributed by atoms with Gasteiger partial charge in [-0.05, 0) is 65.9 Å². The van der Waals surface area contributed by atoms with Crippen LogP contribution < -0.4 is 5.32 Å². The van der Waals surface area contributed by atoms with Crippen LogP contribution in [0, 0.1) is 13.8 Å². The smallest absolute Gasteiger partial charge is 0.233 e. The molecule has 1 atom stereocenters. The highest BCUT2D eigenvalue weighted by atomic mass is 32.2. The number of thiophene rings is 1. The van der Waals surface area contributed by atoms with E-state index in [9.17, 15) is 4.79 Å². The summed E-state index contributed by atoms with van der Waals surface area (Å²) in [6, 6.07) is 10.1. The number of aryl methyl sites for hydroxylation is 2. The summed E-state index contributed by atoms with van der Waals surface area (Å²) < 4.78 is 1.67. The zero-order valence-corrected chi connectivity index (χ0v) is 15.9. The van der Waals surface area contributed by atoms with Gasteiger partial charge in [0.25, 0.3) is 0 Å². The second-order valence-electron chi connectivity index (χ2n) is 5.78. The van der Waals surface area contributed by atoms with E-state index in [0.717, 1.165) is 21.7 Å². The molecule has 25 heavy (non-hydrogen) atoms. The third-order valence-corrected chi connectivity index (χ3v) is 5.47. The fourth-order valence-electron chi connectivity index (χ4n) is 2.43. The molecule has 0 saturated heterocycles. The first kappa shape index (κ1) is 17.6. The maximum atomic E-state index is 12.3. The van der Waals surface area contributed by atoms with Crippen molar-refractivity contribution in [2.24, 2.45) is 0 Å². The van der Waals surface area contributed by atoms with Gasteiger partial charge < -0.3 is 5.32 Å². The first-order valence-electron chi connectivity index (χ1n) is 7.87. The van der Waals surface area contributed by atoms with Crippen molar-refractivity contribution >= 4 is 29.0 Å². The molecular formula is C17H19N5OS2. The normalized spacial score (nSPS) is 12.1. The lowest BCUT2D eigenvalue weighted by Gasteiger charge is -2.11. The first-order chi connectivity index (χ1) is 12.0. The van der Waals surface area contributed by atoms with E-state index in [0.29, 0.717) is 11.7 Å². The average molecular weight is 374 g/mol. The van der Waals surface area contributed by atoms with Crippen LogP contribution in [0.15, 0.2) is 40.9 Å². The minimum atomic E-state index is -0.296. The number of nitrogens with one attached hydrogen (secondary N) is 1. The molecule has 130 valence electrons. The molecule has 0 saturated carbocycles. The number of carbonyl (C=O) groups excluding carboxylic acids is 1. The van der Waals surface area contributed by atoms with Crippen molar-refractivity contribution in [2.45, 2.75) is 37.7 Å². The Morgan fingerprint density at radius 2 is 2.08 bits per heavy atom. The number of carbonyl (C=O) groups is 1. The quantitative estimate of drug-likeness (QED) is 0.672. The van der Waals surface area contributed by atoms with E-state index >= 15 is 0 Å². The van der Waals surface area contributed by atoms with Gasteiger partial charge in [0.15, 0.2) is 0 Å². The van der Waals surface area contributed by atoms with Gasteiger partial charge in [0.1, 0.15) is 0 Å². The third-order valence-electron chi connectivity index (χ3n) is 3.56. The maximum absolute atomic E-state index is 12.3. The fraction of sp³-hybridized carbons (Fsp3) is 0.294. The van der Waals surface area contributed by atoms with Crippen LogP contribution in [0.3, 0.4) is 0 Å². The molecule has 2 heterocycles. The van der Waals surface area contributed by atoms with Crippen LogP contribution in [0.25, 0.3) is 5.69 Å². The molecule has 6 nitrogen and oxygen atoms in total. The number of benzene rings is 1. The SMILES string of the molecule is Cc1cc(C)cc(-n2nnnc2SC(C)C(=O)NCc2cccs2)c1. The monoisotopic (exact) mass is 373 g/mol. The van der Waals surface area contributed by atoms with E-state index in [2.05, 4.69) is 26.9 Å². The summed E-state index contributed by atoms with van der Waals surface area (Å²) in [5, 5.41) is 17.2. The van der Waals surface area contributed by atoms with Gasteiger partial charge >= 0.3 is 0 Å². The van der Waals surface area contributed by atoms with Crippen LogP contribution in [-0.4, -0.2) is 31.4 Å². The van der Waals surface area contributed by atoms with Gasteiger partial charge in [-0.15, -0.1) is 16.4 Å². The molecule has 0 aliphatic rings. The van der Waals surface area contributed by atoms with Gasteiger partial charge in [-0.3, -0.25) is 4.79 Å². The predicted octanol–water partition coefficient (Wildman–Crippen LogP) is 3.14. The lowest BCUT2D eigenvalue weighted by atomic mass is 10.1. The van der Waals surface area contributed by atoms with Crippen molar-refractivity contribution in [3.05, 3.63) is 51.7 Å². The number of rotatable bonds is 6. The number of hydrogen-bond acceptors (Lipinski definition) is 6. The van der Waals surface area contributed by atoms with E-state index in [1.165, 1.54) is 11.8 Å². The van der Waals surface area contributed by atoms with Crippen LogP contribution in [0.1, 0.15) is 22.9 Å². The minimum absolute atomic E-state index is 0.0339. The predicted molar refractivity (Wildman–Crippen MR) is 100 cm³/mol.